The lowest BCUT2D eigenvalue weighted by Crippen LogP contribution is -2.45. The van der Waals surface area contributed by atoms with Gasteiger partial charge in [-0.3, -0.25) is 28.8 Å². The number of carboxylic acid groups (broad SMARTS) is 8. The van der Waals surface area contributed by atoms with Gasteiger partial charge in [-0.05, 0) is 20.8 Å². The monoisotopic (exact) mass is 1160 g/mol. The van der Waals surface area contributed by atoms with Gasteiger partial charge in [0.15, 0.2) is 0 Å². The molecule has 0 fully saturated rings. The highest BCUT2D eigenvalue weighted by Crippen LogP contribution is 2.34. The summed E-state index contributed by atoms with van der Waals surface area (Å²) in [5.74, 6) is -8.32. The quantitative estimate of drug-likeness (QED) is 0.0269. The van der Waals surface area contributed by atoms with Crippen molar-refractivity contribution in [3.63, 3.8) is 0 Å². The van der Waals surface area contributed by atoms with Crippen molar-refractivity contribution in [2.45, 2.75) is 123 Å². The predicted octanol–water partition coefficient (Wildman–Crippen LogP) is 5.00. The molecule has 1 amide bonds. The van der Waals surface area contributed by atoms with Gasteiger partial charge in [-0.15, -0.1) is 35.3 Å². The smallest absolute Gasteiger partial charge is 0.408 e. The number of hydrogen-bond acceptors (Lipinski definition) is 20. The molecule has 0 aliphatic heterocycles. The van der Waals surface area contributed by atoms with Crippen LogP contribution in [-0.2, 0) is 43.1 Å². The lowest BCUT2D eigenvalue weighted by molar-refractivity contribution is -0.141. The number of thiol groups is 1. The van der Waals surface area contributed by atoms with Crippen molar-refractivity contribution in [2.75, 3.05) is 46.0 Å². The molecule has 2 aromatic rings. The lowest BCUT2D eigenvalue weighted by atomic mass is 10.2. The molecule has 0 radical (unpaired) electrons. The standard InChI is InChI=1S/C21H26N2O8S2.C6H12N2O4S2.C5H9NO4S.C3H7NO2S.4C2H6/c1-21(2,3)31-20(30)22-14(18(26)27)9-33-17-13-7-5-4-6-12(13)8-23(17)15(19(28)29)10-32-11-16(24)25;7-3(5(9)10)1-13-14-2-4(8)6(11)12;6-3(5(9)10)1-11-2-4(7)8;4-2(1-7)3(5)6;4*1-2/h4-8,14-15H,9-11H2,1-3H3,(H,22,30)(H,24,25)(H,26,27)(H,28,29);3-4H,1-2,7-8H2,(H,9,10)(H,11,12);3H,1-2,6H2,(H,7,8)(H,9,10);2,7H,1,4H2,(H,5,6);4*1-2H3/t14-,15-;3-,4-;3-;2-;;;;/m0000..../s1. The van der Waals surface area contributed by atoms with Gasteiger partial charge in [-0.25, -0.2) is 14.4 Å². The fourth-order valence-electron chi connectivity index (χ4n) is 3.66. The summed E-state index contributed by atoms with van der Waals surface area (Å²) in [5.41, 5.74) is 19.7. The molecular weight excluding hydrogens is 1080 g/mol. The highest BCUT2D eigenvalue weighted by atomic mass is 33.1. The molecule has 0 spiro atoms. The van der Waals surface area contributed by atoms with Gasteiger partial charge in [-0.2, -0.15) is 12.6 Å². The number of ether oxygens (including phenoxy) is 1. The number of nitrogens with one attached hydrogen (secondary N) is 1. The summed E-state index contributed by atoms with van der Waals surface area (Å²) in [6, 6.07) is 1.17. The van der Waals surface area contributed by atoms with Crippen molar-refractivity contribution in [3.05, 3.63) is 30.5 Å². The topological polar surface area (TPSA) is 446 Å². The van der Waals surface area contributed by atoms with E-state index in [-0.39, 0.29) is 46.0 Å². The van der Waals surface area contributed by atoms with Crippen LogP contribution in [-0.4, -0.2) is 181 Å². The summed E-state index contributed by atoms with van der Waals surface area (Å²) in [7, 11) is 2.41. The van der Waals surface area contributed by atoms with E-state index < -0.39 is 95.7 Å². The van der Waals surface area contributed by atoms with Crippen molar-refractivity contribution in [3.8, 4) is 0 Å². The van der Waals surface area contributed by atoms with E-state index in [2.05, 4.69) is 17.9 Å². The summed E-state index contributed by atoms with van der Waals surface area (Å²) in [4.78, 5) is 96.9. The van der Waals surface area contributed by atoms with Crippen LogP contribution < -0.4 is 28.3 Å². The second kappa shape index (κ2) is 48.7. The first-order valence-electron chi connectivity index (χ1n) is 22.1. The Morgan fingerprint density at radius 1 is 0.589 bits per heavy atom. The van der Waals surface area contributed by atoms with Gasteiger partial charge in [0.1, 0.15) is 41.9 Å². The van der Waals surface area contributed by atoms with Gasteiger partial charge in [0, 0.05) is 51.5 Å². The Bertz CT molecular complexity index is 1870. The van der Waals surface area contributed by atoms with E-state index in [4.69, 9.17) is 58.3 Å². The highest BCUT2D eigenvalue weighted by Gasteiger charge is 2.28. The highest BCUT2D eigenvalue weighted by molar-refractivity contribution is 8.76. The molecule has 424 valence electrons. The van der Waals surface area contributed by atoms with Crippen LogP contribution in [0.2, 0.25) is 0 Å². The molecule has 0 bridgehead atoms. The Hall–Kier alpha value is -4.27. The number of nitrogens with two attached hydrogens (primary N) is 4. The molecule has 73 heavy (non-hydrogen) atoms. The number of benzene rings is 1. The van der Waals surface area contributed by atoms with E-state index >= 15 is 0 Å². The van der Waals surface area contributed by atoms with Crippen LogP contribution in [0.15, 0.2) is 35.5 Å². The van der Waals surface area contributed by atoms with Gasteiger partial charge in [0.05, 0.1) is 16.5 Å². The number of thioether (sulfide) groups is 3. The molecule has 1 aromatic carbocycles. The van der Waals surface area contributed by atoms with E-state index in [0.717, 1.165) is 46.1 Å². The average molecular weight is 1160 g/mol. The fraction of sp³-hybridized carbons (Fsp3) is 0.605. The van der Waals surface area contributed by atoms with Crippen LogP contribution in [0.3, 0.4) is 0 Å². The Kier molecular flexibility index (Phi) is 53.4. The van der Waals surface area contributed by atoms with Crippen molar-refractivity contribution in [1.29, 1.82) is 0 Å². The summed E-state index contributed by atoms with van der Waals surface area (Å²) in [6.45, 7) is 21.0. The predicted molar refractivity (Wildman–Crippen MR) is 297 cm³/mol. The van der Waals surface area contributed by atoms with Crippen LogP contribution in [0.4, 0.5) is 4.79 Å². The number of nitrogens with zero attached hydrogens (tertiary/aromatic N) is 1. The molecule has 1 aromatic heterocycles. The maximum atomic E-state index is 12.0. The van der Waals surface area contributed by atoms with E-state index in [9.17, 15) is 53.4 Å². The van der Waals surface area contributed by atoms with Gasteiger partial charge in [-0.1, -0.05) is 101 Å². The number of aromatic nitrogens is 1. The average Bonchev–Trinajstić information content (AvgIpc) is 3.69. The minimum atomic E-state index is -1.28. The fourth-order valence-corrected chi connectivity index (χ4v) is 8.77. The second-order valence-electron chi connectivity index (χ2n) is 13.5. The maximum Gasteiger partial charge on any atom is 0.408 e. The van der Waals surface area contributed by atoms with Crippen LogP contribution >= 0.6 is 69.5 Å². The Balaban J connectivity index is -0.000000231. The normalized spacial score (nSPS) is 12.3. The van der Waals surface area contributed by atoms with E-state index in [1.54, 1.807) is 51.2 Å². The minimum absolute atomic E-state index is 0.00863. The maximum absolute atomic E-state index is 12.0. The molecule has 24 nitrogen and oxygen atoms in total. The number of carbonyl (C=O) groups is 9. The zero-order chi connectivity index (χ0) is 58.6. The van der Waals surface area contributed by atoms with E-state index in [1.165, 1.54) is 26.2 Å². The van der Waals surface area contributed by atoms with Gasteiger partial charge in [0.2, 0.25) is 0 Å². The first-order valence-corrected chi connectivity index (χ1v) is 28.5. The van der Waals surface area contributed by atoms with Gasteiger partial charge < -0.3 is 78.4 Å². The summed E-state index contributed by atoms with van der Waals surface area (Å²) < 4.78 is 6.64. The summed E-state index contributed by atoms with van der Waals surface area (Å²) in [5, 5.41) is 73.7. The molecule has 0 saturated heterocycles. The third-order valence-electron chi connectivity index (χ3n) is 6.77. The molecular formula is C43H78N6O18S6. The number of carbonyl (C=O) groups excluding carboxylic acids is 1. The molecule has 17 N–H and O–H groups in total. The zero-order valence-corrected chi connectivity index (χ0v) is 47.9. The Morgan fingerprint density at radius 3 is 1.33 bits per heavy atom. The molecule has 0 unspecified atom stereocenters. The number of amides is 1. The van der Waals surface area contributed by atoms with Crippen molar-refractivity contribution < 1.29 is 88.7 Å². The zero-order valence-electron chi connectivity index (χ0n) is 42.9. The van der Waals surface area contributed by atoms with Crippen LogP contribution in [0, 0.1) is 0 Å². The number of fused-ring (bicyclic) bond motifs is 1. The Labute approximate surface area is 452 Å². The number of alkyl carbamates (subject to hydrolysis) is 1. The number of rotatable bonds is 25. The van der Waals surface area contributed by atoms with Gasteiger partial charge >= 0.3 is 53.8 Å². The molecule has 1 heterocycles. The van der Waals surface area contributed by atoms with Crippen LogP contribution in [0.1, 0.15) is 82.2 Å². The number of aliphatic carboxylic acids is 8. The molecule has 0 saturated carbocycles. The first-order chi connectivity index (χ1) is 34.1. The van der Waals surface area contributed by atoms with E-state index in [1.807, 2.05) is 55.4 Å². The van der Waals surface area contributed by atoms with E-state index in [0.29, 0.717) is 5.03 Å². The van der Waals surface area contributed by atoms with Crippen molar-refractivity contribution >= 4 is 134 Å². The largest absolute Gasteiger partial charge is 0.481 e. The van der Waals surface area contributed by atoms with Gasteiger partial charge in [0.25, 0.3) is 0 Å². The molecule has 6 atom stereocenters. The summed E-state index contributed by atoms with van der Waals surface area (Å²) >= 11 is 6.71. The van der Waals surface area contributed by atoms with Crippen LogP contribution in [0.5, 0.6) is 0 Å². The second-order valence-corrected chi connectivity index (χ2v) is 19.5. The third-order valence-corrected chi connectivity index (χ3v) is 12.9. The minimum Gasteiger partial charge on any atom is -0.481 e. The van der Waals surface area contributed by atoms with Crippen LogP contribution in [0.25, 0.3) is 10.8 Å². The number of carboxylic acids is 8. The van der Waals surface area contributed by atoms with Crippen molar-refractivity contribution in [2.24, 2.45) is 22.9 Å². The van der Waals surface area contributed by atoms with Crippen molar-refractivity contribution in [1.82, 2.24) is 9.88 Å². The summed E-state index contributed by atoms with van der Waals surface area (Å²) in [6.07, 6.45) is 0.777. The molecule has 30 heteroatoms. The Morgan fingerprint density at radius 2 is 0.986 bits per heavy atom. The SMILES string of the molecule is CC.CC.CC.CC.CC(C)(C)OC(=O)N[C@@H](CSc1c2ccccc2cn1[C@@H](CSCC(=O)O)C(=O)O)C(=O)O.N[C@@H](CS)C(=O)O.N[C@@H](CSCC(=O)O)C(=O)O.N[C@@H](CSSC[C@H](N)C(=O)O)C(=O)O. The third kappa shape index (κ3) is 43.8. The molecule has 2 rings (SSSR count). The lowest BCUT2D eigenvalue weighted by Gasteiger charge is -2.22. The number of hydrogen-bond donors (Lipinski definition) is 14. The molecule has 0 aliphatic carbocycles. The molecule has 0 aliphatic rings. The first kappa shape index (κ1) is 80.1.